The van der Waals surface area contributed by atoms with E-state index in [1.54, 1.807) is 0 Å². The van der Waals surface area contributed by atoms with Crippen LogP contribution >= 0.6 is 0 Å². The van der Waals surface area contributed by atoms with Crippen LogP contribution in [0.1, 0.15) is 60.3 Å². The second kappa shape index (κ2) is 7.29. The van der Waals surface area contributed by atoms with E-state index >= 15 is 0 Å². The molecule has 0 saturated heterocycles. The molecule has 0 aromatic rings. The van der Waals surface area contributed by atoms with E-state index < -0.39 is 5.60 Å². The lowest BCUT2D eigenvalue weighted by molar-refractivity contribution is -0.0238. The molecular formula is C14H29O2. The summed E-state index contributed by atoms with van der Waals surface area (Å²) in [6.45, 7) is 10.5. The van der Waals surface area contributed by atoms with Gasteiger partial charge in [0.15, 0.2) is 0 Å². The largest absolute Gasteiger partial charge is 0.396 e. The minimum absolute atomic E-state index is 0.149. The van der Waals surface area contributed by atoms with E-state index in [9.17, 15) is 10.2 Å². The van der Waals surface area contributed by atoms with Gasteiger partial charge in [-0.15, -0.1) is 0 Å². The van der Waals surface area contributed by atoms with Crippen molar-refractivity contribution < 1.29 is 10.2 Å². The molecule has 97 valence electrons. The average molecular weight is 229 g/mol. The van der Waals surface area contributed by atoms with Gasteiger partial charge in [0, 0.05) is 12.5 Å². The van der Waals surface area contributed by atoms with Crippen molar-refractivity contribution >= 4 is 0 Å². The SMILES string of the molecule is CC[C](CO)C(C)CC(C)(O)C(CC)CC. The van der Waals surface area contributed by atoms with E-state index in [1.165, 1.54) is 0 Å². The van der Waals surface area contributed by atoms with Crippen LogP contribution in [0.2, 0.25) is 0 Å². The second-order valence-corrected chi connectivity index (χ2v) is 5.15. The van der Waals surface area contributed by atoms with Gasteiger partial charge in [-0.05, 0) is 31.6 Å². The van der Waals surface area contributed by atoms with Crippen LogP contribution in [0.25, 0.3) is 0 Å². The molecule has 2 nitrogen and oxygen atoms in total. The lowest BCUT2D eigenvalue weighted by Gasteiger charge is -2.35. The molecule has 2 heteroatoms. The van der Waals surface area contributed by atoms with Crippen LogP contribution in [0.3, 0.4) is 0 Å². The molecule has 2 atom stereocenters. The van der Waals surface area contributed by atoms with Gasteiger partial charge in [0.05, 0.1) is 5.60 Å². The van der Waals surface area contributed by atoms with Crippen LogP contribution < -0.4 is 0 Å². The summed E-state index contributed by atoms with van der Waals surface area (Å²) in [7, 11) is 0. The second-order valence-electron chi connectivity index (χ2n) is 5.15. The lowest BCUT2D eigenvalue weighted by atomic mass is 9.75. The molecule has 0 aliphatic rings. The normalized spacial score (nSPS) is 17.8. The summed E-state index contributed by atoms with van der Waals surface area (Å²) in [5.41, 5.74) is -0.613. The fraction of sp³-hybridized carbons (Fsp3) is 0.929. The predicted molar refractivity (Wildman–Crippen MR) is 69.1 cm³/mol. The summed E-state index contributed by atoms with van der Waals surface area (Å²) in [5, 5.41) is 19.7. The first-order valence-corrected chi connectivity index (χ1v) is 6.60. The highest BCUT2D eigenvalue weighted by Gasteiger charge is 2.32. The first kappa shape index (κ1) is 15.9. The quantitative estimate of drug-likeness (QED) is 0.671. The highest BCUT2D eigenvalue weighted by atomic mass is 16.3. The Hall–Kier alpha value is -0.0800. The molecule has 0 fully saturated rings. The number of aliphatic hydroxyl groups excluding tert-OH is 1. The van der Waals surface area contributed by atoms with Crippen LogP contribution in [0.5, 0.6) is 0 Å². The minimum Gasteiger partial charge on any atom is -0.396 e. The van der Waals surface area contributed by atoms with Gasteiger partial charge in [-0.25, -0.2) is 0 Å². The van der Waals surface area contributed by atoms with Gasteiger partial charge in [0.25, 0.3) is 0 Å². The average Bonchev–Trinajstić information content (AvgIpc) is 2.19. The molecule has 0 aliphatic carbocycles. The summed E-state index contributed by atoms with van der Waals surface area (Å²) in [6, 6.07) is 0. The van der Waals surface area contributed by atoms with E-state index in [4.69, 9.17) is 0 Å². The van der Waals surface area contributed by atoms with Crippen molar-refractivity contribution in [2.45, 2.75) is 65.9 Å². The fourth-order valence-electron chi connectivity index (χ4n) is 2.72. The smallest absolute Gasteiger partial charge is 0.0650 e. The molecule has 1 radical (unpaired) electrons. The van der Waals surface area contributed by atoms with Crippen LogP contribution in [0, 0.1) is 17.8 Å². The Kier molecular flexibility index (Phi) is 7.25. The third-order valence-electron chi connectivity index (χ3n) is 3.94. The maximum atomic E-state index is 10.5. The Morgan fingerprint density at radius 2 is 1.69 bits per heavy atom. The van der Waals surface area contributed by atoms with Gasteiger partial charge in [-0.2, -0.15) is 0 Å². The summed E-state index contributed by atoms with van der Waals surface area (Å²) in [4.78, 5) is 0. The molecule has 2 unspecified atom stereocenters. The standard InChI is InChI=1S/C14H29O2/c1-6-12(10-15)11(4)9-14(5,16)13(7-2)8-3/h11,13,15-16H,6-10H2,1-5H3. The third-order valence-corrected chi connectivity index (χ3v) is 3.94. The maximum absolute atomic E-state index is 10.5. The molecule has 0 aromatic carbocycles. The zero-order chi connectivity index (χ0) is 12.8. The first-order chi connectivity index (χ1) is 7.42. The minimum atomic E-state index is -0.613. The number of hydrogen-bond acceptors (Lipinski definition) is 2. The van der Waals surface area contributed by atoms with Crippen molar-refractivity contribution in [3.63, 3.8) is 0 Å². The van der Waals surface area contributed by atoms with Crippen molar-refractivity contribution in [3.8, 4) is 0 Å². The summed E-state index contributed by atoms with van der Waals surface area (Å²) in [5.74, 6) is 1.79. The Bertz CT molecular complexity index is 170. The summed E-state index contributed by atoms with van der Waals surface area (Å²) in [6.07, 6.45) is 3.67. The van der Waals surface area contributed by atoms with Crippen LogP contribution in [-0.4, -0.2) is 22.4 Å². The summed E-state index contributed by atoms with van der Waals surface area (Å²) < 4.78 is 0. The topological polar surface area (TPSA) is 40.5 Å². The molecule has 0 aromatic heterocycles. The zero-order valence-corrected chi connectivity index (χ0v) is 11.6. The summed E-state index contributed by atoms with van der Waals surface area (Å²) >= 11 is 0. The lowest BCUT2D eigenvalue weighted by Crippen LogP contribution is -2.37. The molecule has 0 saturated carbocycles. The highest BCUT2D eigenvalue weighted by molar-refractivity contribution is 4.97. The van der Waals surface area contributed by atoms with Gasteiger partial charge in [0.1, 0.15) is 0 Å². The highest BCUT2D eigenvalue weighted by Crippen LogP contribution is 2.33. The van der Waals surface area contributed by atoms with E-state index in [2.05, 4.69) is 27.7 Å². The van der Waals surface area contributed by atoms with E-state index in [0.717, 1.165) is 31.6 Å². The van der Waals surface area contributed by atoms with Gasteiger partial charge in [0.2, 0.25) is 0 Å². The molecule has 0 rings (SSSR count). The number of aliphatic hydroxyl groups is 2. The van der Waals surface area contributed by atoms with Crippen molar-refractivity contribution in [1.82, 2.24) is 0 Å². The maximum Gasteiger partial charge on any atom is 0.0650 e. The van der Waals surface area contributed by atoms with Crippen molar-refractivity contribution in [2.24, 2.45) is 11.8 Å². The molecule has 0 amide bonds. The van der Waals surface area contributed by atoms with E-state index in [1.807, 2.05) is 6.92 Å². The van der Waals surface area contributed by atoms with Crippen molar-refractivity contribution in [1.29, 1.82) is 0 Å². The molecule has 0 spiro atoms. The zero-order valence-electron chi connectivity index (χ0n) is 11.6. The van der Waals surface area contributed by atoms with Crippen molar-refractivity contribution in [3.05, 3.63) is 5.92 Å². The molecule has 0 bridgehead atoms. The van der Waals surface area contributed by atoms with Crippen LogP contribution in [0.4, 0.5) is 0 Å². The van der Waals surface area contributed by atoms with Gasteiger partial charge in [-0.1, -0.05) is 40.5 Å². The Morgan fingerprint density at radius 1 is 1.19 bits per heavy atom. The molecule has 0 aliphatic heterocycles. The van der Waals surface area contributed by atoms with Crippen LogP contribution in [0.15, 0.2) is 0 Å². The van der Waals surface area contributed by atoms with E-state index in [-0.39, 0.29) is 6.61 Å². The Morgan fingerprint density at radius 3 is 2.00 bits per heavy atom. The third kappa shape index (κ3) is 4.42. The Balaban J connectivity index is 4.43. The molecule has 2 N–H and O–H groups in total. The van der Waals surface area contributed by atoms with Gasteiger partial charge in [-0.3, -0.25) is 0 Å². The number of hydrogen-bond donors (Lipinski definition) is 2. The first-order valence-electron chi connectivity index (χ1n) is 6.60. The monoisotopic (exact) mass is 229 g/mol. The predicted octanol–water partition coefficient (Wildman–Crippen LogP) is 3.18. The Labute approximate surface area is 101 Å². The van der Waals surface area contributed by atoms with Crippen LogP contribution in [-0.2, 0) is 0 Å². The molecular weight excluding hydrogens is 200 g/mol. The molecule has 16 heavy (non-hydrogen) atoms. The van der Waals surface area contributed by atoms with Gasteiger partial charge >= 0.3 is 0 Å². The molecule has 0 heterocycles. The van der Waals surface area contributed by atoms with Gasteiger partial charge < -0.3 is 10.2 Å². The fourth-order valence-corrected chi connectivity index (χ4v) is 2.72. The van der Waals surface area contributed by atoms with Crippen molar-refractivity contribution in [2.75, 3.05) is 6.61 Å². The van der Waals surface area contributed by atoms with E-state index in [0.29, 0.717) is 11.8 Å². The number of rotatable bonds is 8.